The molecule has 9 nitrogen and oxygen atoms in total. The van der Waals surface area contributed by atoms with E-state index in [9.17, 15) is 26.7 Å². The number of pyridine rings is 1. The Morgan fingerprint density at radius 3 is 2.41 bits per heavy atom. The number of sulfonamides is 1. The number of anilines is 1. The zero-order chi connectivity index (χ0) is 23.1. The Kier molecular flexibility index (Phi) is 5.41. The van der Waals surface area contributed by atoms with Gasteiger partial charge in [-0.05, 0) is 24.3 Å². The number of rotatable bonds is 6. The van der Waals surface area contributed by atoms with Crippen molar-refractivity contribution >= 4 is 54.1 Å². The van der Waals surface area contributed by atoms with Gasteiger partial charge in [0.25, 0.3) is 10.0 Å². The molecule has 2 aromatic heterocycles. The number of nitrogens with zero attached hydrogens (tertiary/aromatic N) is 1. The number of hydrogen-bond acceptors (Lipinski definition) is 7. The fourth-order valence-electron chi connectivity index (χ4n) is 2.98. The number of para-hydroxylation sites is 1. The zero-order valence-corrected chi connectivity index (χ0v) is 18.3. The molecule has 0 aliphatic carbocycles. The predicted octanol–water partition coefficient (Wildman–Crippen LogP) is 3.81. The highest BCUT2D eigenvalue weighted by molar-refractivity contribution is 7.93. The van der Waals surface area contributed by atoms with Crippen molar-refractivity contribution in [2.75, 3.05) is 4.72 Å². The van der Waals surface area contributed by atoms with Crippen molar-refractivity contribution in [2.45, 2.75) is 15.0 Å². The van der Waals surface area contributed by atoms with Crippen LogP contribution in [0.15, 0.2) is 86.3 Å². The number of sulfone groups is 1. The van der Waals surface area contributed by atoms with Gasteiger partial charge in [-0.15, -0.1) is 0 Å². The standard InChI is InChI=1S/C20H13ClN2O7S2/c21-13-10-15(23-32(28,29)18-9-12-5-1-3-7-16(12)30-18)19(22-11-13)31(26,27)17-8-4-2-6-14(17)20(24)25/h1-11,23H,(H,24,25). The molecule has 0 saturated carbocycles. The molecule has 0 aliphatic rings. The number of halogens is 1. The summed E-state index contributed by atoms with van der Waals surface area (Å²) in [5.74, 6) is -1.47. The first-order chi connectivity index (χ1) is 15.1. The predicted molar refractivity (Wildman–Crippen MR) is 115 cm³/mol. The number of aromatic carboxylic acids is 1. The van der Waals surface area contributed by atoms with Crippen molar-refractivity contribution in [3.8, 4) is 0 Å². The van der Waals surface area contributed by atoms with Crippen LogP contribution in [-0.2, 0) is 19.9 Å². The molecule has 0 aliphatic heterocycles. The van der Waals surface area contributed by atoms with Crippen LogP contribution in [0, 0.1) is 0 Å². The second-order valence-corrected chi connectivity index (χ2v) is 10.4. The van der Waals surface area contributed by atoms with E-state index in [2.05, 4.69) is 9.71 Å². The minimum Gasteiger partial charge on any atom is -0.478 e. The number of carboxylic acids is 1. The molecule has 164 valence electrons. The maximum absolute atomic E-state index is 13.2. The van der Waals surface area contributed by atoms with E-state index in [4.69, 9.17) is 16.0 Å². The summed E-state index contributed by atoms with van der Waals surface area (Å²) in [5, 5.41) is 8.68. The van der Waals surface area contributed by atoms with Gasteiger partial charge in [-0.1, -0.05) is 41.9 Å². The molecule has 0 bridgehead atoms. The van der Waals surface area contributed by atoms with Crippen LogP contribution in [0.4, 0.5) is 5.69 Å². The van der Waals surface area contributed by atoms with Crippen molar-refractivity contribution in [2.24, 2.45) is 0 Å². The Hall–Kier alpha value is -3.41. The van der Waals surface area contributed by atoms with E-state index >= 15 is 0 Å². The highest BCUT2D eigenvalue weighted by Gasteiger charge is 2.30. The molecule has 0 atom stereocenters. The van der Waals surface area contributed by atoms with E-state index in [0.717, 1.165) is 24.4 Å². The van der Waals surface area contributed by atoms with Crippen molar-refractivity contribution in [1.82, 2.24) is 4.98 Å². The number of furan rings is 1. The lowest BCUT2D eigenvalue weighted by Gasteiger charge is -2.13. The lowest BCUT2D eigenvalue weighted by molar-refractivity contribution is 0.0692. The van der Waals surface area contributed by atoms with Gasteiger partial charge >= 0.3 is 5.97 Å². The first kappa shape index (κ1) is 21.8. The quantitative estimate of drug-likeness (QED) is 0.413. The summed E-state index contributed by atoms with van der Waals surface area (Å²) in [6.07, 6.45) is 1.01. The van der Waals surface area contributed by atoms with Crippen LogP contribution in [0.25, 0.3) is 11.0 Å². The molecule has 0 fully saturated rings. The minimum absolute atomic E-state index is 0.0437. The van der Waals surface area contributed by atoms with Gasteiger partial charge < -0.3 is 9.52 Å². The first-order valence-corrected chi connectivity index (χ1v) is 12.2. The lowest BCUT2D eigenvalue weighted by Crippen LogP contribution is -2.17. The topological polar surface area (TPSA) is 144 Å². The Morgan fingerprint density at radius 2 is 1.69 bits per heavy atom. The fraction of sp³-hybridized carbons (Fsp3) is 0. The van der Waals surface area contributed by atoms with Crippen LogP contribution in [0.2, 0.25) is 5.02 Å². The van der Waals surface area contributed by atoms with Gasteiger partial charge in [0.1, 0.15) is 5.58 Å². The molecule has 0 radical (unpaired) electrons. The summed E-state index contributed by atoms with van der Waals surface area (Å²) in [6.45, 7) is 0. The maximum Gasteiger partial charge on any atom is 0.337 e. The number of carboxylic acid groups (broad SMARTS) is 1. The highest BCUT2D eigenvalue weighted by Crippen LogP contribution is 2.32. The molecule has 2 aromatic carbocycles. The Labute approximate surface area is 187 Å². The van der Waals surface area contributed by atoms with Crippen LogP contribution in [0.5, 0.6) is 0 Å². The van der Waals surface area contributed by atoms with E-state index in [1.165, 1.54) is 18.2 Å². The number of fused-ring (bicyclic) bond motifs is 1. The molecule has 2 heterocycles. The Bertz CT molecular complexity index is 1550. The van der Waals surface area contributed by atoms with Crippen molar-refractivity contribution in [3.05, 3.63) is 77.4 Å². The van der Waals surface area contributed by atoms with Gasteiger partial charge in [0.2, 0.25) is 14.9 Å². The minimum atomic E-state index is -4.55. The Balaban J connectivity index is 1.84. The third-order valence-electron chi connectivity index (χ3n) is 4.39. The fourth-order valence-corrected chi connectivity index (χ4v) is 5.73. The summed E-state index contributed by atoms with van der Waals surface area (Å²) in [7, 11) is -8.93. The third kappa shape index (κ3) is 3.93. The molecule has 4 aromatic rings. The van der Waals surface area contributed by atoms with Crippen LogP contribution in [0.3, 0.4) is 0 Å². The molecular formula is C20H13ClN2O7S2. The van der Waals surface area contributed by atoms with Crippen molar-refractivity contribution in [1.29, 1.82) is 0 Å². The number of nitrogens with one attached hydrogen (secondary N) is 1. The summed E-state index contributed by atoms with van der Waals surface area (Å²) in [5.41, 5.74) is -0.631. The molecule has 0 spiro atoms. The second-order valence-electron chi connectivity index (χ2n) is 6.52. The average Bonchev–Trinajstić information content (AvgIpc) is 3.19. The molecule has 0 amide bonds. The van der Waals surface area contributed by atoms with E-state index in [-0.39, 0.29) is 5.02 Å². The third-order valence-corrected chi connectivity index (χ3v) is 7.59. The van der Waals surface area contributed by atoms with Gasteiger partial charge in [-0.2, -0.15) is 8.42 Å². The smallest absolute Gasteiger partial charge is 0.337 e. The van der Waals surface area contributed by atoms with Gasteiger partial charge in [0, 0.05) is 17.6 Å². The number of carbonyl (C=O) groups is 1. The molecule has 12 heteroatoms. The van der Waals surface area contributed by atoms with Crippen LogP contribution in [0.1, 0.15) is 10.4 Å². The van der Waals surface area contributed by atoms with Crippen LogP contribution in [-0.4, -0.2) is 32.9 Å². The van der Waals surface area contributed by atoms with Gasteiger partial charge in [-0.3, -0.25) is 4.72 Å². The Morgan fingerprint density at radius 1 is 1.00 bits per heavy atom. The number of aromatic nitrogens is 1. The summed E-state index contributed by atoms with van der Waals surface area (Å²) in [4.78, 5) is 14.7. The molecular weight excluding hydrogens is 480 g/mol. The monoisotopic (exact) mass is 492 g/mol. The average molecular weight is 493 g/mol. The van der Waals surface area contributed by atoms with Crippen LogP contribution < -0.4 is 4.72 Å². The normalized spacial score (nSPS) is 12.0. The first-order valence-electron chi connectivity index (χ1n) is 8.84. The largest absolute Gasteiger partial charge is 0.478 e. The lowest BCUT2D eigenvalue weighted by atomic mass is 10.2. The summed E-state index contributed by atoms with van der Waals surface area (Å²) < 4.78 is 59.8. The summed E-state index contributed by atoms with van der Waals surface area (Å²) in [6, 6.07) is 13.8. The van der Waals surface area contributed by atoms with Crippen molar-refractivity contribution in [3.63, 3.8) is 0 Å². The van der Waals surface area contributed by atoms with Crippen molar-refractivity contribution < 1.29 is 31.2 Å². The van der Waals surface area contributed by atoms with E-state index in [1.54, 1.807) is 24.3 Å². The van der Waals surface area contributed by atoms with E-state index in [0.29, 0.717) is 11.0 Å². The van der Waals surface area contributed by atoms with Gasteiger partial charge in [0.05, 0.1) is 21.2 Å². The molecule has 2 N–H and O–H groups in total. The molecule has 32 heavy (non-hydrogen) atoms. The molecule has 4 rings (SSSR count). The maximum atomic E-state index is 13.2. The number of benzene rings is 2. The highest BCUT2D eigenvalue weighted by atomic mass is 35.5. The summed E-state index contributed by atoms with van der Waals surface area (Å²) >= 11 is 5.92. The SMILES string of the molecule is O=C(O)c1ccccc1S(=O)(=O)c1ncc(Cl)cc1NS(=O)(=O)c1cc2ccccc2o1. The van der Waals surface area contributed by atoms with E-state index < -0.39 is 52.1 Å². The van der Waals surface area contributed by atoms with Gasteiger partial charge in [0.15, 0.2) is 5.03 Å². The van der Waals surface area contributed by atoms with Gasteiger partial charge in [-0.25, -0.2) is 18.2 Å². The molecule has 0 saturated heterocycles. The van der Waals surface area contributed by atoms with Crippen LogP contribution >= 0.6 is 11.6 Å². The number of hydrogen-bond donors (Lipinski definition) is 2. The molecule has 0 unspecified atom stereocenters. The van der Waals surface area contributed by atoms with E-state index in [1.807, 2.05) is 0 Å². The zero-order valence-electron chi connectivity index (χ0n) is 15.9. The second kappa shape index (κ2) is 7.93.